The summed E-state index contributed by atoms with van der Waals surface area (Å²) in [5.74, 6) is 1.77. The second-order valence-corrected chi connectivity index (χ2v) is 5.51. The zero-order chi connectivity index (χ0) is 13.7. The highest BCUT2D eigenvalue weighted by Crippen LogP contribution is 2.27. The van der Waals surface area contributed by atoms with Crippen LogP contribution in [-0.4, -0.2) is 7.05 Å². The van der Waals surface area contributed by atoms with Gasteiger partial charge in [-0.3, -0.25) is 0 Å². The molecule has 0 amide bonds. The third kappa shape index (κ3) is 3.70. The Hall–Kier alpha value is -1.07. The van der Waals surface area contributed by atoms with Crippen LogP contribution >= 0.6 is 22.6 Å². The maximum Gasteiger partial charge on any atom is 0.140 e. The molecule has 1 unspecified atom stereocenters. The molecule has 0 aliphatic rings. The molecule has 100 valence electrons. The summed E-state index contributed by atoms with van der Waals surface area (Å²) in [5, 5.41) is 3.30. The van der Waals surface area contributed by atoms with Crippen molar-refractivity contribution in [2.75, 3.05) is 7.05 Å². The first-order valence-electron chi connectivity index (χ1n) is 6.44. The SMILES string of the molecule is CCC(NC)c1ccc(Oc2ccccc2I)cc1. The van der Waals surface area contributed by atoms with Crippen molar-refractivity contribution in [2.24, 2.45) is 0 Å². The summed E-state index contributed by atoms with van der Waals surface area (Å²) in [6, 6.07) is 16.7. The summed E-state index contributed by atoms with van der Waals surface area (Å²) in [6.45, 7) is 2.18. The van der Waals surface area contributed by atoms with E-state index in [0.29, 0.717) is 6.04 Å². The van der Waals surface area contributed by atoms with E-state index in [9.17, 15) is 0 Å². The predicted octanol–water partition coefficient (Wildman–Crippen LogP) is 4.75. The van der Waals surface area contributed by atoms with E-state index >= 15 is 0 Å². The van der Waals surface area contributed by atoms with Crippen molar-refractivity contribution in [3.05, 3.63) is 57.7 Å². The molecule has 19 heavy (non-hydrogen) atoms. The number of ether oxygens (including phenoxy) is 1. The number of halogens is 1. The highest BCUT2D eigenvalue weighted by molar-refractivity contribution is 14.1. The molecule has 0 heterocycles. The molecule has 0 spiro atoms. The smallest absolute Gasteiger partial charge is 0.140 e. The molecule has 2 rings (SSSR count). The zero-order valence-electron chi connectivity index (χ0n) is 11.2. The summed E-state index contributed by atoms with van der Waals surface area (Å²) in [6.07, 6.45) is 1.08. The monoisotopic (exact) mass is 367 g/mol. The number of para-hydroxylation sites is 1. The third-order valence-electron chi connectivity index (χ3n) is 3.10. The molecule has 1 atom stereocenters. The molecule has 0 saturated carbocycles. The van der Waals surface area contributed by atoms with Crippen LogP contribution in [0.2, 0.25) is 0 Å². The largest absolute Gasteiger partial charge is 0.456 e. The fourth-order valence-electron chi connectivity index (χ4n) is 2.03. The van der Waals surface area contributed by atoms with Crippen molar-refractivity contribution in [2.45, 2.75) is 19.4 Å². The van der Waals surface area contributed by atoms with Crippen LogP contribution in [0.3, 0.4) is 0 Å². The van der Waals surface area contributed by atoms with Gasteiger partial charge in [-0.15, -0.1) is 0 Å². The van der Waals surface area contributed by atoms with Gasteiger partial charge in [0.25, 0.3) is 0 Å². The molecule has 2 nitrogen and oxygen atoms in total. The van der Waals surface area contributed by atoms with Crippen LogP contribution in [0.15, 0.2) is 48.5 Å². The molecule has 0 fully saturated rings. The maximum absolute atomic E-state index is 5.88. The van der Waals surface area contributed by atoms with E-state index in [0.717, 1.165) is 21.5 Å². The summed E-state index contributed by atoms with van der Waals surface area (Å²) in [5.41, 5.74) is 1.29. The Kier molecular flexibility index (Phi) is 5.22. The normalized spacial score (nSPS) is 12.2. The average Bonchev–Trinajstić information content (AvgIpc) is 2.44. The lowest BCUT2D eigenvalue weighted by molar-refractivity contribution is 0.478. The molecule has 2 aromatic rings. The topological polar surface area (TPSA) is 21.3 Å². The van der Waals surface area contributed by atoms with Gasteiger partial charge in [-0.05, 0) is 65.9 Å². The molecule has 0 aliphatic heterocycles. The van der Waals surface area contributed by atoms with E-state index in [1.165, 1.54) is 5.56 Å². The molecular weight excluding hydrogens is 349 g/mol. The summed E-state index contributed by atoms with van der Waals surface area (Å²) in [7, 11) is 1.99. The Labute approximate surface area is 128 Å². The highest BCUT2D eigenvalue weighted by atomic mass is 127. The Bertz CT molecular complexity index is 521. The van der Waals surface area contributed by atoms with Gasteiger partial charge in [-0.25, -0.2) is 0 Å². The van der Waals surface area contributed by atoms with Crippen molar-refractivity contribution < 1.29 is 4.74 Å². The lowest BCUT2D eigenvalue weighted by atomic mass is 10.0. The van der Waals surface area contributed by atoms with Gasteiger partial charge in [-0.1, -0.05) is 31.2 Å². The van der Waals surface area contributed by atoms with Gasteiger partial charge in [0.2, 0.25) is 0 Å². The van der Waals surface area contributed by atoms with Crippen LogP contribution in [0.25, 0.3) is 0 Å². The van der Waals surface area contributed by atoms with E-state index in [2.05, 4.69) is 47.0 Å². The van der Waals surface area contributed by atoms with Gasteiger partial charge in [0.15, 0.2) is 0 Å². The minimum atomic E-state index is 0.408. The first-order valence-corrected chi connectivity index (χ1v) is 7.52. The second kappa shape index (κ2) is 6.91. The second-order valence-electron chi connectivity index (χ2n) is 4.35. The minimum absolute atomic E-state index is 0.408. The van der Waals surface area contributed by atoms with Crippen molar-refractivity contribution in [1.29, 1.82) is 0 Å². The number of hydrogen-bond acceptors (Lipinski definition) is 2. The van der Waals surface area contributed by atoms with Gasteiger partial charge in [0.05, 0.1) is 3.57 Å². The first-order chi connectivity index (χ1) is 9.24. The number of benzene rings is 2. The van der Waals surface area contributed by atoms with E-state index in [1.807, 2.05) is 43.4 Å². The summed E-state index contributed by atoms with van der Waals surface area (Å²) in [4.78, 5) is 0. The summed E-state index contributed by atoms with van der Waals surface area (Å²) < 4.78 is 7.00. The van der Waals surface area contributed by atoms with Crippen LogP contribution in [0.5, 0.6) is 11.5 Å². The van der Waals surface area contributed by atoms with E-state index in [-0.39, 0.29) is 0 Å². The van der Waals surface area contributed by atoms with Crippen molar-refractivity contribution in [3.8, 4) is 11.5 Å². The highest BCUT2D eigenvalue weighted by Gasteiger charge is 2.07. The van der Waals surface area contributed by atoms with Crippen molar-refractivity contribution in [3.63, 3.8) is 0 Å². The van der Waals surface area contributed by atoms with Crippen LogP contribution in [-0.2, 0) is 0 Å². The van der Waals surface area contributed by atoms with Crippen molar-refractivity contribution in [1.82, 2.24) is 5.32 Å². The molecule has 0 aliphatic carbocycles. The Balaban J connectivity index is 2.13. The van der Waals surface area contributed by atoms with Gasteiger partial charge in [0.1, 0.15) is 11.5 Å². The molecule has 2 aromatic carbocycles. The number of rotatable bonds is 5. The average molecular weight is 367 g/mol. The lowest BCUT2D eigenvalue weighted by Crippen LogP contribution is -2.14. The van der Waals surface area contributed by atoms with E-state index < -0.39 is 0 Å². The quantitative estimate of drug-likeness (QED) is 0.770. The zero-order valence-corrected chi connectivity index (χ0v) is 13.3. The number of hydrogen-bond donors (Lipinski definition) is 1. The fraction of sp³-hybridized carbons (Fsp3) is 0.250. The maximum atomic E-state index is 5.88. The van der Waals surface area contributed by atoms with Gasteiger partial charge >= 0.3 is 0 Å². The Morgan fingerprint density at radius 3 is 2.37 bits per heavy atom. The molecule has 0 radical (unpaired) electrons. The van der Waals surface area contributed by atoms with Gasteiger partial charge in [-0.2, -0.15) is 0 Å². The van der Waals surface area contributed by atoms with Crippen LogP contribution in [0, 0.1) is 3.57 Å². The molecule has 0 bridgehead atoms. The summed E-state index contributed by atoms with van der Waals surface area (Å²) >= 11 is 2.28. The van der Waals surface area contributed by atoms with Gasteiger partial charge in [0, 0.05) is 6.04 Å². The van der Waals surface area contributed by atoms with Crippen LogP contribution < -0.4 is 10.1 Å². The lowest BCUT2D eigenvalue weighted by Gasteiger charge is -2.15. The minimum Gasteiger partial charge on any atom is -0.456 e. The number of nitrogens with one attached hydrogen (secondary N) is 1. The molecule has 0 saturated heterocycles. The van der Waals surface area contributed by atoms with Crippen LogP contribution in [0.4, 0.5) is 0 Å². The van der Waals surface area contributed by atoms with Crippen molar-refractivity contribution >= 4 is 22.6 Å². The predicted molar refractivity (Wildman–Crippen MR) is 87.8 cm³/mol. The first kappa shape index (κ1) is 14.3. The van der Waals surface area contributed by atoms with E-state index in [4.69, 9.17) is 4.74 Å². The van der Waals surface area contributed by atoms with E-state index in [1.54, 1.807) is 0 Å². The molecule has 3 heteroatoms. The van der Waals surface area contributed by atoms with Crippen LogP contribution in [0.1, 0.15) is 24.9 Å². The Morgan fingerprint density at radius 2 is 1.79 bits per heavy atom. The molecule has 1 N–H and O–H groups in total. The molecule has 0 aromatic heterocycles. The third-order valence-corrected chi connectivity index (χ3v) is 3.99. The van der Waals surface area contributed by atoms with Gasteiger partial charge < -0.3 is 10.1 Å². The standard InChI is InChI=1S/C16H18INO/c1-3-15(18-2)12-8-10-13(11-9-12)19-16-7-5-4-6-14(16)17/h4-11,15,18H,3H2,1-2H3. The fourth-order valence-corrected chi connectivity index (χ4v) is 2.53. The Morgan fingerprint density at radius 1 is 1.11 bits per heavy atom. The molecular formula is C16H18INO.